The van der Waals surface area contributed by atoms with E-state index >= 15 is 0 Å². The lowest BCUT2D eigenvalue weighted by Gasteiger charge is -2.19. The third-order valence-electron chi connectivity index (χ3n) is 4.84. The average Bonchev–Trinajstić information content (AvgIpc) is 3.16. The molecule has 2 aliphatic rings. The summed E-state index contributed by atoms with van der Waals surface area (Å²) in [6.07, 6.45) is 1.58. The van der Waals surface area contributed by atoms with Crippen molar-refractivity contribution in [1.29, 1.82) is 0 Å². The van der Waals surface area contributed by atoms with E-state index in [4.69, 9.17) is 0 Å². The van der Waals surface area contributed by atoms with Crippen LogP contribution in [0.3, 0.4) is 0 Å². The third-order valence-corrected chi connectivity index (χ3v) is 4.84. The van der Waals surface area contributed by atoms with E-state index in [-0.39, 0.29) is 11.7 Å². The molecular formula is C19H19FN2O. The number of fused-ring (bicyclic) bond motifs is 1. The number of anilines is 1. The maximum absolute atomic E-state index is 13.4. The second-order valence-corrected chi connectivity index (χ2v) is 6.32. The Morgan fingerprint density at radius 2 is 2.09 bits per heavy atom. The molecule has 3 nitrogen and oxygen atoms in total. The summed E-state index contributed by atoms with van der Waals surface area (Å²) in [6, 6.07) is 12.7. The minimum absolute atomic E-state index is 0.0997. The molecule has 0 saturated carbocycles. The number of nitrogens with one attached hydrogen (secondary N) is 1. The number of hydrogen-bond acceptors (Lipinski definition) is 2. The predicted octanol–water partition coefficient (Wildman–Crippen LogP) is 2.99. The van der Waals surface area contributed by atoms with Gasteiger partial charge in [0.2, 0.25) is 5.91 Å². The number of hydrogen-bond donors (Lipinski definition) is 1. The highest BCUT2D eigenvalue weighted by molar-refractivity contribution is 6.01. The van der Waals surface area contributed by atoms with E-state index in [1.165, 1.54) is 17.7 Å². The largest absolute Gasteiger partial charge is 0.316 e. The van der Waals surface area contributed by atoms with E-state index in [1.54, 1.807) is 11.0 Å². The molecule has 0 bridgehead atoms. The van der Waals surface area contributed by atoms with E-state index < -0.39 is 0 Å². The van der Waals surface area contributed by atoms with Crippen LogP contribution in [0.4, 0.5) is 10.1 Å². The number of carbonyl (C=O) groups excluding carboxylic acids is 1. The minimum Gasteiger partial charge on any atom is -0.316 e. The molecule has 23 heavy (non-hydrogen) atoms. The highest BCUT2D eigenvalue weighted by atomic mass is 19.1. The summed E-state index contributed by atoms with van der Waals surface area (Å²) in [4.78, 5) is 14.3. The fraction of sp³-hybridized carbons (Fsp3) is 0.316. The molecule has 2 aliphatic heterocycles. The number of benzene rings is 2. The molecule has 1 amide bonds. The van der Waals surface area contributed by atoms with Gasteiger partial charge in [-0.2, -0.15) is 0 Å². The van der Waals surface area contributed by atoms with Crippen molar-refractivity contribution in [3.05, 3.63) is 65.0 Å². The van der Waals surface area contributed by atoms with Crippen molar-refractivity contribution < 1.29 is 9.18 Å². The van der Waals surface area contributed by atoms with Gasteiger partial charge < -0.3 is 10.2 Å². The molecule has 0 radical (unpaired) electrons. The first-order valence-electron chi connectivity index (χ1n) is 8.09. The smallest absolute Gasteiger partial charge is 0.231 e. The molecule has 2 aromatic rings. The first-order chi connectivity index (χ1) is 11.2. The van der Waals surface area contributed by atoms with E-state index in [9.17, 15) is 9.18 Å². The highest BCUT2D eigenvalue weighted by Crippen LogP contribution is 2.37. The summed E-state index contributed by atoms with van der Waals surface area (Å²) < 4.78 is 13.4. The van der Waals surface area contributed by atoms with Gasteiger partial charge in [0.25, 0.3) is 0 Å². The summed E-state index contributed by atoms with van der Waals surface area (Å²) in [5.74, 6) is 0.328. The van der Waals surface area contributed by atoms with E-state index in [2.05, 4.69) is 11.4 Å². The van der Waals surface area contributed by atoms with Crippen LogP contribution in [0.2, 0.25) is 0 Å². The molecule has 1 N–H and O–H groups in total. The van der Waals surface area contributed by atoms with Gasteiger partial charge in [0.15, 0.2) is 0 Å². The molecule has 1 fully saturated rings. The van der Waals surface area contributed by atoms with Crippen LogP contribution in [0, 0.1) is 5.82 Å². The second-order valence-electron chi connectivity index (χ2n) is 6.32. The first-order valence-corrected chi connectivity index (χ1v) is 8.09. The Morgan fingerprint density at radius 3 is 2.87 bits per heavy atom. The molecule has 0 aliphatic carbocycles. The van der Waals surface area contributed by atoms with Crippen molar-refractivity contribution in [3.63, 3.8) is 0 Å². The molecule has 1 atom stereocenters. The molecule has 4 heteroatoms. The van der Waals surface area contributed by atoms with Crippen molar-refractivity contribution in [2.75, 3.05) is 18.0 Å². The van der Waals surface area contributed by atoms with Crippen LogP contribution in [-0.4, -0.2) is 19.0 Å². The third kappa shape index (κ3) is 2.63. The Hall–Kier alpha value is -2.20. The molecule has 118 valence electrons. The van der Waals surface area contributed by atoms with Gasteiger partial charge in [-0.3, -0.25) is 4.79 Å². The molecule has 0 spiro atoms. The highest BCUT2D eigenvalue weighted by Gasteiger charge is 2.31. The summed E-state index contributed by atoms with van der Waals surface area (Å²) in [5, 5.41) is 3.39. The van der Waals surface area contributed by atoms with Crippen LogP contribution >= 0.6 is 0 Å². The average molecular weight is 310 g/mol. The van der Waals surface area contributed by atoms with Crippen molar-refractivity contribution in [3.8, 4) is 0 Å². The summed E-state index contributed by atoms with van der Waals surface area (Å²) in [7, 11) is 0. The zero-order valence-corrected chi connectivity index (χ0v) is 12.9. The lowest BCUT2D eigenvalue weighted by atomic mass is 9.92. The van der Waals surface area contributed by atoms with Crippen LogP contribution in [-0.2, 0) is 17.8 Å². The molecule has 2 aromatic carbocycles. The van der Waals surface area contributed by atoms with Gasteiger partial charge in [0, 0.05) is 12.2 Å². The van der Waals surface area contributed by atoms with Crippen molar-refractivity contribution >= 4 is 11.6 Å². The lowest BCUT2D eigenvalue weighted by molar-refractivity contribution is -0.117. The number of carbonyl (C=O) groups is 1. The second kappa shape index (κ2) is 5.78. The van der Waals surface area contributed by atoms with Crippen LogP contribution in [0.25, 0.3) is 0 Å². The van der Waals surface area contributed by atoms with Crippen molar-refractivity contribution in [1.82, 2.24) is 5.32 Å². The van der Waals surface area contributed by atoms with Gasteiger partial charge >= 0.3 is 0 Å². The van der Waals surface area contributed by atoms with Crippen molar-refractivity contribution in [2.24, 2.45) is 0 Å². The molecule has 1 saturated heterocycles. The zero-order chi connectivity index (χ0) is 15.8. The molecular weight excluding hydrogens is 291 g/mol. The standard InChI is InChI=1S/C19H19FN2O/c20-15-4-1-3-13(9-15)12-22-18-6-2-5-16(14-7-8-21-11-14)17(18)10-19(22)23/h1-6,9,14,21H,7-8,10-12H2. The Kier molecular flexibility index (Phi) is 3.62. The SMILES string of the molecule is O=C1Cc2c(C3CCNC3)cccc2N1Cc1cccc(F)c1. The fourth-order valence-electron chi connectivity index (χ4n) is 3.71. The van der Waals surface area contributed by atoms with Gasteiger partial charge in [-0.1, -0.05) is 24.3 Å². The molecule has 1 unspecified atom stereocenters. The number of amides is 1. The lowest BCUT2D eigenvalue weighted by Crippen LogP contribution is -2.25. The van der Waals surface area contributed by atoms with Crippen LogP contribution < -0.4 is 10.2 Å². The summed E-state index contributed by atoms with van der Waals surface area (Å²) in [6.45, 7) is 2.44. The van der Waals surface area contributed by atoms with Crippen LogP contribution in [0.15, 0.2) is 42.5 Å². The summed E-state index contributed by atoms with van der Waals surface area (Å²) >= 11 is 0. The minimum atomic E-state index is -0.264. The molecule has 2 heterocycles. The van der Waals surface area contributed by atoms with E-state index in [0.717, 1.165) is 36.3 Å². The van der Waals surface area contributed by atoms with E-state index in [1.807, 2.05) is 18.2 Å². The van der Waals surface area contributed by atoms with Gasteiger partial charge in [0.05, 0.1) is 13.0 Å². The van der Waals surface area contributed by atoms with Crippen LogP contribution in [0.5, 0.6) is 0 Å². The number of nitrogens with zero attached hydrogens (tertiary/aromatic N) is 1. The maximum atomic E-state index is 13.4. The predicted molar refractivity (Wildman–Crippen MR) is 88.0 cm³/mol. The molecule has 0 aromatic heterocycles. The van der Waals surface area contributed by atoms with E-state index in [0.29, 0.717) is 18.9 Å². The number of halogens is 1. The van der Waals surface area contributed by atoms with Crippen LogP contribution in [0.1, 0.15) is 29.0 Å². The normalized spacial score (nSPS) is 20.1. The van der Waals surface area contributed by atoms with Crippen molar-refractivity contribution in [2.45, 2.75) is 25.3 Å². The quantitative estimate of drug-likeness (QED) is 0.945. The Morgan fingerprint density at radius 1 is 1.22 bits per heavy atom. The Bertz CT molecular complexity index is 753. The Balaban J connectivity index is 1.67. The molecule has 4 rings (SSSR count). The Labute approximate surface area is 135 Å². The number of rotatable bonds is 3. The first kappa shape index (κ1) is 14.4. The zero-order valence-electron chi connectivity index (χ0n) is 12.9. The summed E-state index contributed by atoms with van der Waals surface area (Å²) in [5.41, 5.74) is 4.26. The van der Waals surface area contributed by atoms with Gasteiger partial charge in [0.1, 0.15) is 5.82 Å². The van der Waals surface area contributed by atoms with Gasteiger partial charge in [-0.15, -0.1) is 0 Å². The maximum Gasteiger partial charge on any atom is 0.231 e. The monoisotopic (exact) mass is 310 g/mol. The van der Waals surface area contributed by atoms with Gasteiger partial charge in [-0.05, 0) is 53.8 Å². The topological polar surface area (TPSA) is 32.3 Å². The van der Waals surface area contributed by atoms with Gasteiger partial charge in [-0.25, -0.2) is 4.39 Å². The fourth-order valence-corrected chi connectivity index (χ4v) is 3.71.